The van der Waals surface area contributed by atoms with Crippen molar-refractivity contribution in [3.8, 4) is 0 Å². The number of carbonyl (C=O) groups is 1. The van der Waals surface area contributed by atoms with Gasteiger partial charge in [-0.2, -0.15) is 0 Å². The number of aromatic amines is 1. The first-order valence-electron chi connectivity index (χ1n) is 6.72. The predicted molar refractivity (Wildman–Crippen MR) is 77.7 cm³/mol. The summed E-state index contributed by atoms with van der Waals surface area (Å²) >= 11 is 0. The van der Waals surface area contributed by atoms with Crippen molar-refractivity contribution in [3.63, 3.8) is 0 Å². The Bertz CT molecular complexity index is 900. The molecular formula is C13H14FN3O4S. The average Bonchev–Trinajstić information content (AvgIpc) is 2.89. The summed E-state index contributed by atoms with van der Waals surface area (Å²) in [6.45, 7) is -0.249. The lowest BCUT2D eigenvalue weighted by Gasteiger charge is -2.11. The summed E-state index contributed by atoms with van der Waals surface area (Å²) in [6.07, 6.45) is 0.377. The second-order valence-electron chi connectivity index (χ2n) is 5.35. The number of imidazole rings is 1. The van der Waals surface area contributed by atoms with Crippen molar-refractivity contribution in [2.45, 2.75) is 19.0 Å². The Morgan fingerprint density at radius 2 is 2.23 bits per heavy atom. The Balaban J connectivity index is 1.77. The minimum atomic E-state index is -3.08. The number of rotatable bonds is 3. The molecule has 1 aromatic heterocycles. The fourth-order valence-corrected chi connectivity index (χ4v) is 4.29. The maximum absolute atomic E-state index is 13.1. The molecule has 9 heteroatoms. The van der Waals surface area contributed by atoms with E-state index in [0.29, 0.717) is 17.5 Å². The van der Waals surface area contributed by atoms with Gasteiger partial charge in [-0.1, -0.05) is 0 Å². The predicted octanol–water partition coefficient (Wildman–Crippen LogP) is -0.228. The second-order valence-corrected chi connectivity index (χ2v) is 7.57. The van der Waals surface area contributed by atoms with Crippen LogP contribution < -0.4 is 11.0 Å². The van der Waals surface area contributed by atoms with E-state index in [9.17, 15) is 22.4 Å². The third-order valence-corrected chi connectivity index (χ3v) is 5.40. The van der Waals surface area contributed by atoms with Gasteiger partial charge in [0.25, 0.3) is 0 Å². The number of H-pyrrole nitrogens is 1. The molecule has 1 unspecified atom stereocenters. The molecule has 2 aromatic rings. The van der Waals surface area contributed by atoms with Crippen LogP contribution in [-0.4, -0.2) is 41.4 Å². The van der Waals surface area contributed by atoms with Gasteiger partial charge in [0.05, 0.1) is 22.5 Å². The molecule has 0 saturated carbocycles. The van der Waals surface area contributed by atoms with Gasteiger partial charge in [-0.05, 0) is 24.6 Å². The fraction of sp³-hybridized carbons (Fsp3) is 0.385. The van der Waals surface area contributed by atoms with Crippen molar-refractivity contribution >= 4 is 26.8 Å². The maximum atomic E-state index is 13.1. The standard InChI is InChI=1S/C13H14FN3O4S/c14-8-1-2-11-10(5-8)16-13(19)17(11)6-12(18)15-9-3-4-22(20,21)7-9/h1-2,5,9H,3-4,6-7H2,(H,15,18)(H,16,19). The van der Waals surface area contributed by atoms with Gasteiger partial charge < -0.3 is 10.3 Å². The molecule has 1 aliphatic heterocycles. The van der Waals surface area contributed by atoms with Gasteiger partial charge in [0.2, 0.25) is 5.91 Å². The Kier molecular flexibility index (Phi) is 3.51. The monoisotopic (exact) mass is 327 g/mol. The van der Waals surface area contributed by atoms with Crippen molar-refractivity contribution in [1.29, 1.82) is 0 Å². The fourth-order valence-electron chi connectivity index (χ4n) is 2.62. The van der Waals surface area contributed by atoms with Gasteiger partial charge >= 0.3 is 5.69 Å². The highest BCUT2D eigenvalue weighted by Gasteiger charge is 2.29. The van der Waals surface area contributed by atoms with Crippen LogP contribution in [0.15, 0.2) is 23.0 Å². The van der Waals surface area contributed by atoms with E-state index in [0.717, 1.165) is 0 Å². The summed E-state index contributed by atoms with van der Waals surface area (Å²) in [7, 11) is -3.08. The number of halogens is 1. The highest BCUT2D eigenvalue weighted by Crippen LogP contribution is 2.13. The normalized spacial score (nSPS) is 20.3. The molecule has 118 valence electrons. The Labute approximate surface area is 125 Å². The highest BCUT2D eigenvalue weighted by molar-refractivity contribution is 7.91. The van der Waals surface area contributed by atoms with Crippen LogP contribution in [0.3, 0.4) is 0 Å². The summed E-state index contributed by atoms with van der Waals surface area (Å²) in [5, 5.41) is 2.61. The van der Waals surface area contributed by atoms with Crippen LogP contribution in [0, 0.1) is 5.82 Å². The molecule has 1 aromatic carbocycles. The smallest absolute Gasteiger partial charge is 0.326 e. The third kappa shape index (κ3) is 2.89. The van der Waals surface area contributed by atoms with Crippen LogP contribution in [0.25, 0.3) is 11.0 Å². The minimum Gasteiger partial charge on any atom is -0.351 e. The number of benzene rings is 1. The first-order chi connectivity index (χ1) is 10.3. The zero-order chi connectivity index (χ0) is 15.9. The highest BCUT2D eigenvalue weighted by atomic mass is 32.2. The topological polar surface area (TPSA) is 101 Å². The van der Waals surface area contributed by atoms with Crippen LogP contribution in [-0.2, 0) is 21.2 Å². The van der Waals surface area contributed by atoms with Crippen molar-refractivity contribution in [3.05, 3.63) is 34.5 Å². The molecule has 1 amide bonds. The van der Waals surface area contributed by atoms with Gasteiger partial charge in [0.1, 0.15) is 12.4 Å². The number of amides is 1. The van der Waals surface area contributed by atoms with Gasteiger partial charge in [0, 0.05) is 6.04 Å². The first kappa shape index (κ1) is 14.8. The summed E-state index contributed by atoms with van der Waals surface area (Å²) in [6, 6.07) is 3.37. The summed E-state index contributed by atoms with van der Waals surface area (Å²) in [5.41, 5.74) is 0.205. The molecule has 3 rings (SSSR count). The molecule has 0 bridgehead atoms. The van der Waals surface area contributed by atoms with Crippen molar-refractivity contribution in [2.24, 2.45) is 0 Å². The van der Waals surface area contributed by atoms with Gasteiger partial charge in [0.15, 0.2) is 9.84 Å². The largest absolute Gasteiger partial charge is 0.351 e. The van der Waals surface area contributed by atoms with Crippen molar-refractivity contribution < 1.29 is 17.6 Å². The minimum absolute atomic E-state index is 0.0598. The molecule has 1 saturated heterocycles. The van der Waals surface area contributed by atoms with E-state index < -0.39 is 33.3 Å². The number of carbonyl (C=O) groups excluding carboxylic acids is 1. The zero-order valence-corrected chi connectivity index (χ0v) is 12.3. The number of nitrogens with one attached hydrogen (secondary N) is 2. The van der Waals surface area contributed by atoms with Crippen LogP contribution in [0.1, 0.15) is 6.42 Å². The molecule has 1 aliphatic rings. The van der Waals surface area contributed by atoms with Gasteiger partial charge in [-0.25, -0.2) is 17.6 Å². The van der Waals surface area contributed by atoms with E-state index in [1.807, 2.05) is 0 Å². The number of nitrogens with zero attached hydrogens (tertiary/aromatic N) is 1. The summed E-state index contributed by atoms with van der Waals surface area (Å²) < 4.78 is 37.0. The number of hydrogen-bond acceptors (Lipinski definition) is 4. The SMILES string of the molecule is O=C(Cn1c(=O)[nH]c2cc(F)ccc21)NC1CCS(=O)(=O)C1. The molecule has 7 nitrogen and oxygen atoms in total. The quantitative estimate of drug-likeness (QED) is 0.813. The first-order valence-corrected chi connectivity index (χ1v) is 8.54. The number of fused-ring (bicyclic) bond motifs is 1. The molecule has 1 fully saturated rings. The lowest BCUT2D eigenvalue weighted by Crippen LogP contribution is -2.39. The van der Waals surface area contributed by atoms with Crippen molar-refractivity contribution in [1.82, 2.24) is 14.9 Å². The molecule has 0 spiro atoms. The number of sulfone groups is 1. The van der Waals surface area contributed by atoms with E-state index in [1.54, 1.807) is 0 Å². The van der Waals surface area contributed by atoms with Crippen molar-refractivity contribution in [2.75, 3.05) is 11.5 Å². The van der Waals surface area contributed by atoms with Crippen LogP contribution in [0.2, 0.25) is 0 Å². The zero-order valence-electron chi connectivity index (χ0n) is 11.5. The van der Waals surface area contributed by atoms with Crippen LogP contribution >= 0.6 is 0 Å². The van der Waals surface area contributed by atoms with E-state index in [1.165, 1.54) is 22.8 Å². The van der Waals surface area contributed by atoms with Crippen LogP contribution in [0.4, 0.5) is 4.39 Å². The molecule has 1 atom stereocenters. The van der Waals surface area contributed by atoms with Crippen LogP contribution in [0.5, 0.6) is 0 Å². The lowest BCUT2D eigenvalue weighted by molar-refractivity contribution is -0.122. The van der Waals surface area contributed by atoms with E-state index in [-0.39, 0.29) is 18.1 Å². The molecule has 0 radical (unpaired) electrons. The lowest BCUT2D eigenvalue weighted by atomic mass is 10.2. The van der Waals surface area contributed by atoms with Gasteiger partial charge in [-0.15, -0.1) is 0 Å². The molecule has 2 N–H and O–H groups in total. The summed E-state index contributed by atoms with van der Waals surface area (Å²) in [5.74, 6) is -0.951. The Morgan fingerprint density at radius 1 is 1.45 bits per heavy atom. The number of aromatic nitrogens is 2. The van der Waals surface area contributed by atoms with E-state index in [4.69, 9.17) is 0 Å². The molecule has 22 heavy (non-hydrogen) atoms. The van der Waals surface area contributed by atoms with E-state index in [2.05, 4.69) is 10.3 Å². The number of hydrogen-bond donors (Lipinski definition) is 2. The average molecular weight is 327 g/mol. The Morgan fingerprint density at radius 3 is 2.91 bits per heavy atom. The Hall–Kier alpha value is -2.16. The molecular weight excluding hydrogens is 313 g/mol. The maximum Gasteiger partial charge on any atom is 0.326 e. The molecule has 2 heterocycles. The summed E-state index contributed by atoms with van der Waals surface area (Å²) in [4.78, 5) is 26.3. The third-order valence-electron chi connectivity index (χ3n) is 3.64. The van der Waals surface area contributed by atoms with E-state index >= 15 is 0 Å². The van der Waals surface area contributed by atoms with Gasteiger partial charge in [-0.3, -0.25) is 9.36 Å². The molecule has 0 aliphatic carbocycles. The second kappa shape index (κ2) is 5.24.